The lowest BCUT2D eigenvalue weighted by Crippen LogP contribution is -2.09. The molecule has 0 aliphatic carbocycles. The van der Waals surface area contributed by atoms with Crippen LogP contribution in [0.25, 0.3) is 0 Å². The van der Waals surface area contributed by atoms with Crippen LogP contribution >= 0.6 is 0 Å². The summed E-state index contributed by atoms with van der Waals surface area (Å²) in [6, 6.07) is 5.42. The second-order valence-corrected chi connectivity index (χ2v) is 4.42. The van der Waals surface area contributed by atoms with Crippen LogP contribution in [0.1, 0.15) is 22.3 Å². The SMILES string of the molecule is COC(=O)c1cc(N)cnc1OCCCc1ccncc1. The minimum absolute atomic E-state index is 0.237. The second-order valence-electron chi connectivity index (χ2n) is 4.42. The van der Waals surface area contributed by atoms with Crippen LogP contribution in [0.15, 0.2) is 36.8 Å². The van der Waals surface area contributed by atoms with E-state index in [9.17, 15) is 4.79 Å². The van der Waals surface area contributed by atoms with Gasteiger partial charge in [0.1, 0.15) is 5.56 Å². The van der Waals surface area contributed by atoms with Gasteiger partial charge in [-0.3, -0.25) is 4.98 Å². The van der Waals surface area contributed by atoms with Gasteiger partial charge >= 0.3 is 5.97 Å². The summed E-state index contributed by atoms with van der Waals surface area (Å²) in [5.41, 5.74) is 7.43. The lowest BCUT2D eigenvalue weighted by molar-refractivity contribution is 0.0595. The smallest absolute Gasteiger partial charge is 0.343 e. The van der Waals surface area contributed by atoms with Crippen LogP contribution in [-0.4, -0.2) is 29.7 Å². The second kappa shape index (κ2) is 7.23. The first-order valence-electron chi connectivity index (χ1n) is 6.56. The van der Waals surface area contributed by atoms with Crippen LogP contribution in [0.5, 0.6) is 5.88 Å². The average Bonchev–Trinajstić information content (AvgIpc) is 2.53. The predicted molar refractivity (Wildman–Crippen MR) is 78.0 cm³/mol. The summed E-state index contributed by atoms with van der Waals surface area (Å²) >= 11 is 0. The van der Waals surface area contributed by atoms with Gasteiger partial charge in [0.15, 0.2) is 0 Å². The molecule has 0 saturated heterocycles. The Morgan fingerprint density at radius 2 is 2.10 bits per heavy atom. The number of methoxy groups -OCH3 is 1. The molecule has 0 spiro atoms. The number of pyridine rings is 2. The van der Waals surface area contributed by atoms with E-state index in [4.69, 9.17) is 10.5 Å². The van der Waals surface area contributed by atoms with Crippen LogP contribution < -0.4 is 10.5 Å². The normalized spacial score (nSPS) is 10.1. The summed E-state index contributed by atoms with van der Waals surface area (Å²) in [6.45, 7) is 0.448. The maximum atomic E-state index is 11.6. The number of nitrogens with two attached hydrogens (primary N) is 1. The zero-order valence-corrected chi connectivity index (χ0v) is 11.8. The highest BCUT2D eigenvalue weighted by molar-refractivity contribution is 5.92. The predicted octanol–water partition coefficient (Wildman–Crippen LogP) is 1.86. The average molecular weight is 287 g/mol. The maximum absolute atomic E-state index is 11.6. The molecule has 0 radical (unpaired) electrons. The van der Waals surface area contributed by atoms with Crippen molar-refractivity contribution in [3.63, 3.8) is 0 Å². The number of hydrogen-bond acceptors (Lipinski definition) is 6. The van der Waals surface area contributed by atoms with Crippen LogP contribution in [0.2, 0.25) is 0 Å². The molecule has 0 atom stereocenters. The number of ether oxygens (including phenoxy) is 2. The maximum Gasteiger partial charge on any atom is 0.343 e. The first kappa shape index (κ1) is 14.8. The van der Waals surface area contributed by atoms with Gasteiger partial charge in [0.2, 0.25) is 5.88 Å². The molecule has 0 aromatic carbocycles. The number of carbonyl (C=O) groups excluding carboxylic acids is 1. The van der Waals surface area contributed by atoms with E-state index in [1.807, 2.05) is 12.1 Å². The molecule has 0 aliphatic rings. The van der Waals surface area contributed by atoms with Crippen LogP contribution in [0, 0.1) is 0 Å². The molecular formula is C15H17N3O3. The van der Waals surface area contributed by atoms with Gasteiger partial charge in [0.05, 0.1) is 25.6 Å². The fourth-order valence-electron chi connectivity index (χ4n) is 1.83. The molecule has 0 unspecified atom stereocenters. The van der Waals surface area contributed by atoms with Gasteiger partial charge < -0.3 is 15.2 Å². The Kier molecular flexibility index (Phi) is 5.09. The molecule has 6 heteroatoms. The lowest BCUT2D eigenvalue weighted by Gasteiger charge is -2.09. The largest absolute Gasteiger partial charge is 0.477 e. The zero-order chi connectivity index (χ0) is 15.1. The van der Waals surface area contributed by atoms with E-state index < -0.39 is 5.97 Å². The first-order chi connectivity index (χ1) is 10.2. The summed E-state index contributed by atoms with van der Waals surface area (Å²) in [5.74, 6) is -0.273. The Balaban J connectivity index is 1.92. The number of aryl methyl sites for hydroxylation is 1. The molecule has 0 aliphatic heterocycles. The van der Waals surface area contributed by atoms with Crippen molar-refractivity contribution in [1.29, 1.82) is 0 Å². The topological polar surface area (TPSA) is 87.3 Å². The summed E-state index contributed by atoms with van der Waals surface area (Å²) in [4.78, 5) is 19.6. The van der Waals surface area contributed by atoms with Gasteiger partial charge in [-0.25, -0.2) is 9.78 Å². The number of nitrogens with zero attached hydrogens (tertiary/aromatic N) is 2. The van der Waals surface area contributed by atoms with Gasteiger partial charge in [-0.05, 0) is 36.6 Å². The van der Waals surface area contributed by atoms with Gasteiger partial charge in [0, 0.05) is 12.4 Å². The fraction of sp³-hybridized carbons (Fsp3) is 0.267. The highest BCUT2D eigenvalue weighted by atomic mass is 16.5. The van der Waals surface area contributed by atoms with E-state index in [2.05, 4.69) is 14.7 Å². The summed E-state index contributed by atoms with van der Waals surface area (Å²) in [5, 5.41) is 0. The molecule has 21 heavy (non-hydrogen) atoms. The molecular weight excluding hydrogens is 270 g/mol. The van der Waals surface area contributed by atoms with E-state index in [-0.39, 0.29) is 11.4 Å². The highest BCUT2D eigenvalue weighted by Crippen LogP contribution is 2.19. The molecule has 2 aromatic rings. The molecule has 2 heterocycles. The van der Waals surface area contributed by atoms with Crippen molar-refractivity contribution in [1.82, 2.24) is 9.97 Å². The van der Waals surface area contributed by atoms with Crippen molar-refractivity contribution in [3.05, 3.63) is 47.9 Å². The molecule has 110 valence electrons. The number of anilines is 1. The van der Waals surface area contributed by atoms with Crippen molar-refractivity contribution in [2.24, 2.45) is 0 Å². The first-order valence-corrected chi connectivity index (χ1v) is 6.56. The van der Waals surface area contributed by atoms with Gasteiger partial charge in [-0.15, -0.1) is 0 Å². The number of esters is 1. The highest BCUT2D eigenvalue weighted by Gasteiger charge is 2.15. The van der Waals surface area contributed by atoms with E-state index in [1.165, 1.54) is 24.9 Å². The Morgan fingerprint density at radius 1 is 1.33 bits per heavy atom. The van der Waals surface area contributed by atoms with Crippen LogP contribution in [0.3, 0.4) is 0 Å². The van der Waals surface area contributed by atoms with Crippen LogP contribution in [-0.2, 0) is 11.2 Å². The Labute approximate surface area is 122 Å². The lowest BCUT2D eigenvalue weighted by atomic mass is 10.1. The fourth-order valence-corrected chi connectivity index (χ4v) is 1.83. The summed E-state index contributed by atoms with van der Waals surface area (Å²) in [7, 11) is 1.30. The van der Waals surface area contributed by atoms with E-state index in [1.54, 1.807) is 12.4 Å². The van der Waals surface area contributed by atoms with Crippen molar-refractivity contribution < 1.29 is 14.3 Å². The third kappa shape index (κ3) is 4.17. The number of rotatable bonds is 6. The number of nitrogen functional groups attached to an aromatic ring is 1. The van der Waals surface area contributed by atoms with Crippen molar-refractivity contribution in [2.45, 2.75) is 12.8 Å². The van der Waals surface area contributed by atoms with Gasteiger partial charge in [-0.2, -0.15) is 0 Å². The van der Waals surface area contributed by atoms with E-state index in [0.29, 0.717) is 12.3 Å². The molecule has 2 rings (SSSR count). The van der Waals surface area contributed by atoms with Crippen molar-refractivity contribution in [2.75, 3.05) is 19.5 Å². The summed E-state index contributed by atoms with van der Waals surface area (Å²) in [6.07, 6.45) is 6.63. The number of aromatic nitrogens is 2. The molecule has 0 fully saturated rings. The van der Waals surface area contributed by atoms with Crippen molar-refractivity contribution >= 4 is 11.7 Å². The number of hydrogen-bond donors (Lipinski definition) is 1. The molecule has 0 amide bonds. The minimum Gasteiger partial charge on any atom is -0.477 e. The minimum atomic E-state index is -0.515. The van der Waals surface area contributed by atoms with Gasteiger partial charge in [-0.1, -0.05) is 0 Å². The quantitative estimate of drug-likeness (QED) is 0.644. The number of carbonyl (C=O) groups is 1. The van der Waals surface area contributed by atoms with Gasteiger partial charge in [0.25, 0.3) is 0 Å². The third-order valence-electron chi connectivity index (χ3n) is 2.88. The van der Waals surface area contributed by atoms with Crippen LogP contribution in [0.4, 0.5) is 5.69 Å². The standard InChI is InChI=1S/C15H17N3O3/c1-20-15(19)13-9-12(16)10-18-14(13)21-8-2-3-11-4-6-17-7-5-11/h4-7,9-10H,2-3,8,16H2,1H3. The summed E-state index contributed by atoms with van der Waals surface area (Å²) < 4.78 is 10.2. The van der Waals surface area contributed by atoms with Crippen molar-refractivity contribution in [3.8, 4) is 5.88 Å². The van der Waals surface area contributed by atoms with E-state index in [0.717, 1.165) is 12.8 Å². The monoisotopic (exact) mass is 287 g/mol. The Morgan fingerprint density at radius 3 is 2.81 bits per heavy atom. The Bertz CT molecular complexity index is 602. The molecule has 0 saturated carbocycles. The third-order valence-corrected chi connectivity index (χ3v) is 2.88. The molecule has 2 N–H and O–H groups in total. The molecule has 0 bridgehead atoms. The molecule has 2 aromatic heterocycles. The zero-order valence-electron chi connectivity index (χ0n) is 11.8. The van der Waals surface area contributed by atoms with E-state index >= 15 is 0 Å². The Hall–Kier alpha value is -2.63. The molecule has 6 nitrogen and oxygen atoms in total.